The van der Waals surface area contributed by atoms with Crippen LogP contribution in [0, 0.1) is 0 Å². The van der Waals surface area contributed by atoms with E-state index in [0.29, 0.717) is 40.4 Å². The molecule has 0 amide bonds. The molecule has 0 saturated heterocycles. The van der Waals surface area contributed by atoms with E-state index in [1.165, 1.54) is 72.8 Å². The molecule has 6 aromatic rings. The molecule has 0 aliphatic heterocycles. The van der Waals surface area contributed by atoms with Gasteiger partial charge in [0.05, 0.1) is 56.6 Å². The first-order valence-corrected chi connectivity index (χ1v) is 20.0. The van der Waals surface area contributed by atoms with Crippen molar-refractivity contribution in [1.29, 1.82) is 0 Å². The Hall–Kier alpha value is -1.74. The number of phenolic OH excluding ortho intramolecular Hbond substituents is 2. The number of hydrogen-bond acceptors (Lipinski definition) is 22. The Bertz CT molecular complexity index is 2920. The summed E-state index contributed by atoms with van der Waals surface area (Å²) in [5.74, 6) is -0.719. The largest absolute Gasteiger partial charge is 1.00 e. The molecule has 0 heterocycles. The number of phenols is 2. The van der Waals surface area contributed by atoms with E-state index in [4.69, 9.17) is 11.5 Å². The van der Waals surface area contributed by atoms with E-state index < -0.39 is 35.8 Å². The zero-order valence-corrected chi connectivity index (χ0v) is 43.9. The SMILES string of the molecule is Nc1ccc2c(O)cc(SOO[O-])cc2c1N=Nc1ccc(C=Cc2ccc(N=Nc3c(N)ccc4c(O)cc(S(=O)(=O)[O-])cc34)cc2S(=O)(=O)[O-])c(SOO[O-])c1.[Na+].[Na+].[Na+].[Na+]. The zero-order chi connectivity index (χ0) is 41.8. The third-order valence-electron chi connectivity index (χ3n) is 8.01. The maximum atomic E-state index is 12.4. The number of fused-ring (bicyclic) bond motifs is 2. The number of benzene rings is 6. The van der Waals surface area contributed by atoms with Crippen LogP contribution < -0.4 is 140 Å². The molecule has 20 nitrogen and oxygen atoms in total. The second kappa shape index (κ2) is 24.7. The summed E-state index contributed by atoms with van der Waals surface area (Å²) >= 11 is 1.01. The van der Waals surface area contributed by atoms with Crippen LogP contribution in [-0.4, -0.2) is 36.2 Å². The van der Waals surface area contributed by atoms with Gasteiger partial charge in [0, 0.05) is 31.3 Å². The molecule has 6 aromatic carbocycles. The number of aromatic hydroxyl groups is 2. The van der Waals surface area contributed by atoms with Crippen LogP contribution in [0.5, 0.6) is 11.5 Å². The van der Waals surface area contributed by atoms with Gasteiger partial charge in [0.2, 0.25) is 0 Å². The van der Waals surface area contributed by atoms with Crippen molar-refractivity contribution in [2.24, 2.45) is 20.5 Å². The molecule has 0 spiro atoms. The Kier molecular flexibility index (Phi) is 22.5. The molecule has 0 atom stereocenters. The molecule has 0 bridgehead atoms. The number of nitrogens with two attached hydrogens (primary N) is 2. The maximum absolute atomic E-state index is 12.4. The average Bonchev–Trinajstić information content (AvgIpc) is 3.17. The van der Waals surface area contributed by atoms with Gasteiger partial charge in [0.25, 0.3) is 0 Å². The fraction of sp³-hybridized carbons (Fsp3) is 0. The Morgan fingerprint density at radius 3 is 1.61 bits per heavy atom. The normalized spacial score (nSPS) is 11.7. The number of azo groups is 2. The van der Waals surface area contributed by atoms with E-state index in [9.17, 15) is 46.7 Å². The van der Waals surface area contributed by atoms with Gasteiger partial charge in [-0.05, 0) is 83.9 Å². The summed E-state index contributed by atoms with van der Waals surface area (Å²) in [4.78, 5) is -0.977. The molecule has 6 N–H and O–H groups in total. The van der Waals surface area contributed by atoms with Gasteiger partial charge in [-0.1, -0.05) is 24.3 Å². The topological polar surface area (TPSA) is 339 Å². The van der Waals surface area contributed by atoms with E-state index >= 15 is 0 Å². The molecule has 0 saturated carbocycles. The van der Waals surface area contributed by atoms with Crippen molar-refractivity contribution in [2.75, 3.05) is 11.5 Å². The molecule has 28 heteroatoms. The van der Waals surface area contributed by atoms with Crippen molar-refractivity contribution in [1.82, 2.24) is 0 Å². The van der Waals surface area contributed by atoms with E-state index in [1.54, 1.807) is 6.07 Å². The summed E-state index contributed by atoms with van der Waals surface area (Å²) in [6, 6.07) is 18.2. The molecule has 0 radical (unpaired) electrons. The Morgan fingerprint density at radius 1 is 0.565 bits per heavy atom. The van der Waals surface area contributed by atoms with Gasteiger partial charge in [-0.15, -0.1) is 10.2 Å². The van der Waals surface area contributed by atoms with Gasteiger partial charge in [0.1, 0.15) is 43.1 Å². The Labute approximate surface area is 449 Å². The summed E-state index contributed by atoms with van der Waals surface area (Å²) in [5, 5.41) is 65.9. The van der Waals surface area contributed by atoms with Crippen LogP contribution in [0.1, 0.15) is 11.1 Å². The quantitative estimate of drug-likeness (QED) is 0.0115. The van der Waals surface area contributed by atoms with Gasteiger partial charge in [0.15, 0.2) is 0 Å². The second-order valence-electron chi connectivity index (χ2n) is 11.6. The monoisotopic (exact) mass is 958 g/mol. The molecule has 0 aliphatic carbocycles. The van der Waals surface area contributed by atoms with Crippen LogP contribution in [0.2, 0.25) is 0 Å². The van der Waals surface area contributed by atoms with E-state index in [-0.39, 0.29) is 184 Å². The van der Waals surface area contributed by atoms with Crippen molar-refractivity contribution in [3.8, 4) is 11.5 Å². The third-order valence-corrected chi connectivity index (χ3v) is 10.9. The van der Waals surface area contributed by atoms with Crippen molar-refractivity contribution < 1.29 is 184 Å². The summed E-state index contributed by atoms with van der Waals surface area (Å²) in [7, 11) is -10.1. The summed E-state index contributed by atoms with van der Waals surface area (Å²) < 4.78 is 80.9. The first kappa shape index (κ1) is 56.4. The first-order valence-electron chi connectivity index (χ1n) is 15.7. The summed E-state index contributed by atoms with van der Waals surface area (Å²) in [6.45, 7) is 0. The van der Waals surface area contributed by atoms with Gasteiger partial charge in [-0.3, -0.25) is 10.1 Å². The molecule has 0 aliphatic rings. The fourth-order valence-corrected chi connectivity index (χ4v) is 7.57. The number of rotatable bonds is 14. The number of hydrogen-bond donors (Lipinski definition) is 4. The van der Waals surface area contributed by atoms with Gasteiger partial charge in [-0.25, -0.2) is 16.8 Å². The fourth-order valence-electron chi connectivity index (χ4n) is 5.43. The third kappa shape index (κ3) is 13.9. The van der Waals surface area contributed by atoms with E-state index in [2.05, 4.69) is 39.2 Å². The van der Waals surface area contributed by atoms with Gasteiger partial charge < -0.3 is 41.3 Å². The molecule has 0 fully saturated rings. The van der Waals surface area contributed by atoms with Crippen LogP contribution in [0.3, 0.4) is 0 Å². The molecular formula is C34H22N6Na4O14S4. The van der Waals surface area contributed by atoms with Crippen molar-refractivity contribution in [3.63, 3.8) is 0 Å². The minimum Gasteiger partial charge on any atom is -0.744 e. The maximum Gasteiger partial charge on any atom is 1.00 e. The first-order chi connectivity index (χ1) is 27.6. The van der Waals surface area contributed by atoms with Crippen molar-refractivity contribution in [2.45, 2.75) is 19.6 Å². The van der Waals surface area contributed by atoms with Crippen molar-refractivity contribution in [3.05, 3.63) is 96.1 Å². The van der Waals surface area contributed by atoms with Crippen LogP contribution in [0.25, 0.3) is 33.7 Å². The molecule has 62 heavy (non-hydrogen) atoms. The number of anilines is 2. The number of nitrogen functional groups attached to an aromatic ring is 2. The predicted molar refractivity (Wildman–Crippen MR) is 202 cm³/mol. The standard InChI is InChI=1S/C34H26N6O14S4.4Na/c35-27-9-7-23-25(13-21(14-29(23)41)55-53-51-43)33(27)39-37-19-5-3-17(31(11-19)56-54-52-44)1-2-18-4-6-20(12-32(18)58(48,49)50)38-40-34-26-15-22(57(45,46)47)16-30(42)24(26)8-10-28(34)36;;;;/h1-16,41-44H,35-36H2,(H,45,46,47)(H,48,49,50);;;;/q;4*+1/p-4. The molecule has 300 valence electrons. The van der Waals surface area contributed by atoms with Crippen molar-refractivity contribution >= 4 is 112 Å². The molecular weight excluding hydrogens is 937 g/mol. The minimum atomic E-state index is -5.14. The second-order valence-corrected chi connectivity index (χ2v) is 15.9. The molecule has 6 rings (SSSR count). The van der Waals surface area contributed by atoms with Gasteiger partial charge >= 0.3 is 118 Å². The Balaban J connectivity index is 0.00000331. The predicted octanol–water partition coefficient (Wildman–Crippen LogP) is -6.14. The summed E-state index contributed by atoms with van der Waals surface area (Å²) in [6.07, 6.45) is 2.67. The van der Waals surface area contributed by atoms with Crippen LogP contribution in [0.4, 0.5) is 34.1 Å². The van der Waals surface area contributed by atoms with E-state index in [0.717, 1.165) is 18.2 Å². The number of nitrogens with zero attached hydrogens (tertiary/aromatic N) is 4. The minimum absolute atomic E-state index is 0. The van der Waals surface area contributed by atoms with Crippen LogP contribution in [0.15, 0.2) is 125 Å². The Morgan fingerprint density at radius 2 is 1.06 bits per heavy atom. The van der Waals surface area contributed by atoms with Crippen LogP contribution in [-0.2, 0) is 39.0 Å². The molecule has 0 aromatic heterocycles. The molecule has 0 unspecified atom stereocenters. The average molecular weight is 959 g/mol. The van der Waals surface area contributed by atoms with E-state index in [1.807, 2.05) is 0 Å². The van der Waals surface area contributed by atoms with Gasteiger partial charge in [-0.2, -0.15) is 18.9 Å². The van der Waals surface area contributed by atoms with Crippen LogP contribution >= 0.6 is 24.1 Å². The smallest absolute Gasteiger partial charge is 0.744 e. The zero-order valence-electron chi connectivity index (χ0n) is 32.6. The summed E-state index contributed by atoms with van der Waals surface area (Å²) in [5.41, 5.74) is 12.6.